The van der Waals surface area contributed by atoms with Crippen LogP contribution in [0.2, 0.25) is 0 Å². The quantitative estimate of drug-likeness (QED) is 0.678. The van der Waals surface area contributed by atoms with Gasteiger partial charge in [-0.15, -0.1) is 0 Å². The second-order valence-electron chi connectivity index (χ2n) is 8.22. The Bertz CT molecular complexity index is 261. The van der Waals surface area contributed by atoms with Crippen molar-refractivity contribution >= 4 is 0 Å². The average molecular weight is 265 g/mol. The summed E-state index contributed by atoms with van der Waals surface area (Å²) in [6, 6.07) is 1.60. The van der Waals surface area contributed by atoms with Gasteiger partial charge in [-0.1, -0.05) is 47.0 Å². The maximum absolute atomic E-state index is 3.99. The summed E-state index contributed by atoms with van der Waals surface area (Å²) < 4.78 is 0. The van der Waals surface area contributed by atoms with Gasteiger partial charge in [-0.05, 0) is 55.8 Å². The largest absolute Gasteiger partial charge is 0.311 e. The molecule has 0 amide bonds. The fourth-order valence-corrected chi connectivity index (χ4v) is 3.78. The Kier molecular flexibility index (Phi) is 5.34. The molecule has 0 aliphatic heterocycles. The first-order valence-corrected chi connectivity index (χ1v) is 8.75. The molecule has 0 saturated heterocycles. The van der Waals surface area contributed by atoms with Crippen LogP contribution in [0.15, 0.2) is 0 Å². The minimum absolute atomic E-state index is 0.507. The van der Waals surface area contributed by atoms with Crippen molar-refractivity contribution in [1.82, 2.24) is 5.32 Å². The van der Waals surface area contributed by atoms with Crippen LogP contribution in [0.1, 0.15) is 85.5 Å². The minimum atomic E-state index is 0.507. The summed E-state index contributed by atoms with van der Waals surface area (Å²) in [4.78, 5) is 0. The number of hydrogen-bond donors (Lipinski definition) is 1. The summed E-state index contributed by atoms with van der Waals surface area (Å²) in [6.07, 6.45) is 12.9. The van der Waals surface area contributed by atoms with E-state index in [1.54, 1.807) is 0 Å². The molecule has 0 bridgehead atoms. The first kappa shape index (κ1) is 15.4. The summed E-state index contributed by atoms with van der Waals surface area (Å²) in [6.45, 7) is 9.63. The van der Waals surface area contributed by atoms with Crippen molar-refractivity contribution in [2.24, 2.45) is 17.3 Å². The smallest absolute Gasteiger partial charge is 0.00697 e. The normalized spacial score (nSPS) is 30.9. The zero-order valence-electron chi connectivity index (χ0n) is 13.7. The fourth-order valence-electron chi connectivity index (χ4n) is 3.78. The van der Waals surface area contributed by atoms with E-state index in [4.69, 9.17) is 0 Å². The lowest BCUT2D eigenvalue weighted by atomic mass is 9.76. The third-order valence-electron chi connectivity index (χ3n) is 5.47. The van der Waals surface area contributed by atoms with Gasteiger partial charge in [-0.3, -0.25) is 0 Å². The molecule has 1 nitrogen and oxygen atoms in total. The van der Waals surface area contributed by atoms with Gasteiger partial charge in [-0.2, -0.15) is 0 Å². The van der Waals surface area contributed by atoms with E-state index in [-0.39, 0.29) is 0 Å². The summed E-state index contributed by atoms with van der Waals surface area (Å²) in [5, 5.41) is 3.99. The predicted octanol–water partition coefficient (Wildman–Crippen LogP) is 5.15. The second-order valence-corrected chi connectivity index (χ2v) is 8.22. The molecule has 3 atom stereocenters. The first-order valence-electron chi connectivity index (χ1n) is 8.75. The van der Waals surface area contributed by atoms with E-state index in [0.717, 1.165) is 23.9 Å². The lowest BCUT2D eigenvalue weighted by Gasteiger charge is -2.30. The van der Waals surface area contributed by atoms with Gasteiger partial charge in [0.1, 0.15) is 0 Å². The van der Waals surface area contributed by atoms with E-state index in [1.807, 2.05) is 0 Å². The second kappa shape index (κ2) is 6.61. The Morgan fingerprint density at radius 3 is 2.32 bits per heavy atom. The molecule has 2 aliphatic carbocycles. The van der Waals surface area contributed by atoms with E-state index >= 15 is 0 Å². The molecule has 2 aliphatic rings. The number of hydrogen-bond acceptors (Lipinski definition) is 1. The molecule has 0 heterocycles. The third kappa shape index (κ3) is 5.10. The van der Waals surface area contributed by atoms with Gasteiger partial charge in [0, 0.05) is 12.1 Å². The van der Waals surface area contributed by atoms with Crippen LogP contribution < -0.4 is 5.32 Å². The molecular weight excluding hydrogens is 230 g/mol. The van der Waals surface area contributed by atoms with Crippen molar-refractivity contribution in [2.75, 3.05) is 0 Å². The Morgan fingerprint density at radius 2 is 1.74 bits per heavy atom. The molecule has 2 fully saturated rings. The van der Waals surface area contributed by atoms with Gasteiger partial charge in [0.2, 0.25) is 0 Å². The molecule has 19 heavy (non-hydrogen) atoms. The van der Waals surface area contributed by atoms with Crippen molar-refractivity contribution in [3.05, 3.63) is 0 Å². The highest BCUT2D eigenvalue weighted by Gasteiger charge is 2.29. The molecule has 3 unspecified atom stereocenters. The highest BCUT2D eigenvalue weighted by molar-refractivity contribution is 4.85. The van der Waals surface area contributed by atoms with E-state index in [9.17, 15) is 0 Å². The summed E-state index contributed by atoms with van der Waals surface area (Å²) in [5.41, 5.74) is 0.507. The van der Waals surface area contributed by atoms with Gasteiger partial charge in [0.15, 0.2) is 0 Å². The Hall–Kier alpha value is -0.0400. The van der Waals surface area contributed by atoms with Crippen LogP contribution in [-0.4, -0.2) is 12.1 Å². The van der Waals surface area contributed by atoms with Crippen LogP contribution >= 0.6 is 0 Å². The Morgan fingerprint density at radius 1 is 1.00 bits per heavy atom. The van der Waals surface area contributed by atoms with Crippen molar-refractivity contribution in [2.45, 2.75) is 97.6 Å². The SMILES string of the molecule is CCC(CC1CC1)NC1CCCC(C(C)(C)C)CC1. The fraction of sp³-hybridized carbons (Fsp3) is 1.00. The van der Waals surface area contributed by atoms with Crippen LogP contribution in [0.5, 0.6) is 0 Å². The molecule has 0 spiro atoms. The molecule has 0 aromatic carbocycles. The Labute approximate surface area is 120 Å². The number of nitrogens with one attached hydrogen (secondary N) is 1. The highest BCUT2D eigenvalue weighted by Crippen LogP contribution is 2.37. The lowest BCUT2D eigenvalue weighted by Crippen LogP contribution is -2.38. The number of rotatable bonds is 5. The molecule has 1 heteroatoms. The standard InChI is InChI=1S/C18H35N/c1-5-16(13-14-9-10-14)19-17-8-6-7-15(11-12-17)18(2,3)4/h14-17,19H,5-13H2,1-4H3. The van der Waals surface area contributed by atoms with Gasteiger partial charge >= 0.3 is 0 Å². The van der Waals surface area contributed by atoms with Gasteiger partial charge in [0.05, 0.1) is 0 Å². The van der Waals surface area contributed by atoms with E-state index in [1.165, 1.54) is 57.8 Å². The van der Waals surface area contributed by atoms with Gasteiger partial charge in [0.25, 0.3) is 0 Å². The van der Waals surface area contributed by atoms with E-state index in [0.29, 0.717) is 5.41 Å². The van der Waals surface area contributed by atoms with Gasteiger partial charge in [-0.25, -0.2) is 0 Å². The molecule has 2 rings (SSSR count). The summed E-state index contributed by atoms with van der Waals surface area (Å²) in [5.74, 6) is 1.99. The van der Waals surface area contributed by atoms with Gasteiger partial charge < -0.3 is 5.32 Å². The molecule has 0 aromatic rings. The van der Waals surface area contributed by atoms with Crippen LogP contribution in [0, 0.1) is 17.3 Å². The van der Waals surface area contributed by atoms with E-state index < -0.39 is 0 Å². The van der Waals surface area contributed by atoms with Crippen LogP contribution in [-0.2, 0) is 0 Å². The zero-order chi connectivity index (χ0) is 13.9. The lowest BCUT2D eigenvalue weighted by molar-refractivity contribution is 0.213. The molecule has 112 valence electrons. The summed E-state index contributed by atoms with van der Waals surface area (Å²) in [7, 11) is 0. The van der Waals surface area contributed by atoms with Crippen molar-refractivity contribution in [3.8, 4) is 0 Å². The van der Waals surface area contributed by atoms with Crippen molar-refractivity contribution in [1.29, 1.82) is 0 Å². The third-order valence-corrected chi connectivity index (χ3v) is 5.47. The van der Waals surface area contributed by atoms with E-state index in [2.05, 4.69) is 33.0 Å². The summed E-state index contributed by atoms with van der Waals surface area (Å²) >= 11 is 0. The molecule has 0 aromatic heterocycles. The van der Waals surface area contributed by atoms with Crippen LogP contribution in [0.25, 0.3) is 0 Å². The zero-order valence-corrected chi connectivity index (χ0v) is 13.7. The maximum atomic E-state index is 3.99. The minimum Gasteiger partial charge on any atom is -0.311 e. The van der Waals surface area contributed by atoms with Crippen molar-refractivity contribution in [3.63, 3.8) is 0 Å². The Balaban J connectivity index is 1.77. The van der Waals surface area contributed by atoms with Crippen molar-refractivity contribution < 1.29 is 0 Å². The van der Waals surface area contributed by atoms with Crippen LogP contribution in [0.3, 0.4) is 0 Å². The molecule has 1 N–H and O–H groups in total. The first-order chi connectivity index (χ1) is 8.99. The monoisotopic (exact) mass is 265 g/mol. The molecule has 2 saturated carbocycles. The molecule has 0 radical (unpaired) electrons. The maximum Gasteiger partial charge on any atom is 0.00697 e. The highest BCUT2D eigenvalue weighted by atomic mass is 14.9. The average Bonchev–Trinajstić information content (AvgIpc) is 3.13. The van der Waals surface area contributed by atoms with Crippen LogP contribution in [0.4, 0.5) is 0 Å². The predicted molar refractivity (Wildman–Crippen MR) is 84.4 cm³/mol. The topological polar surface area (TPSA) is 12.0 Å². The molecular formula is C18H35N.